The number of hydrogen-bond acceptors (Lipinski definition) is 4. The van der Waals surface area contributed by atoms with Crippen LogP contribution in [0.3, 0.4) is 0 Å². The van der Waals surface area contributed by atoms with Crippen molar-refractivity contribution in [3.05, 3.63) is 57.4 Å². The lowest BCUT2D eigenvalue weighted by Gasteiger charge is -2.14. The van der Waals surface area contributed by atoms with Gasteiger partial charge in [0, 0.05) is 17.6 Å². The fraction of sp³-hybridized carbons (Fsp3) is 0.211. The highest BCUT2D eigenvalue weighted by Crippen LogP contribution is 2.46. The molecule has 0 unspecified atom stereocenters. The van der Waals surface area contributed by atoms with Crippen molar-refractivity contribution in [3.8, 4) is 17.2 Å². The summed E-state index contributed by atoms with van der Waals surface area (Å²) in [5, 5.41) is 0.249. The van der Waals surface area contributed by atoms with Crippen LogP contribution >= 0.6 is 11.6 Å². The van der Waals surface area contributed by atoms with Crippen LogP contribution in [0.15, 0.2) is 29.8 Å². The van der Waals surface area contributed by atoms with E-state index in [1.54, 1.807) is 12.1 Å². The van der Waals surface area contributed by atoms with Gasteiger partial charge in [0.15, 0.2) is 17.3 Å². The van der Waals surface area contributed by atoms with Crippen molar-refractivity contribution < 1.29 is 23.4 Å². The van der Waals surface area contributed by atoms with Crippen LogP contribution in [0.4, 0.5) is 4.39 Å². The Morgan fingerprint density at radius 3 is 2.44 bits per heavy atom. The van der Waals surface area contributed by atoms with Gasteiger partial charge in [-0.3, -0.25) is 4.79 Å². The number of fused-ring (bicyclic) bond motifs is 1. The molecule has 0 aliphatic heterocycles. The van der Waals surface area contributed by atoms with Crippen LogP contribution in [-0.2, 0) is 6.42 Å². The third kappa shape index (κ3) is 2.85. The van der Waals surface area contributed by atoms with Gasteiger partial charge in [0.2, 0.25) is 5.75 Å². The van der Waals surface area contributed by atoms with Crippen molar-refractivity contribution in [2.24, 2.45) is 0 Å². The zero-order chi connectivity index (χ0) is 18.1. The van der Waals surface area contributed by atoms with E-state index in [-0.39, 0.29) is 16.4 Å². The van der Waals surface area contributed by atoms with Crippen molar-refractivity contribution >= 4 is 23.5 Å². The molecule has 25 heavy (non-hydrogen) atoms. The average Bonchev–Trinajstić information content (AvgIpc) is 2.92. The number of carbonyl (C=O) groups is 1. The van der Waals surface area contributed by atoms with E-state index in [2.05, 4.69) is 0 Å². The first-order chi connectivity index (χ1) is 12.0. The Hall–Kier alpha value is -2.53. The number of halogens is 2. The minimum absolute atomic E-state index is 0.193. The molecule has 2 aromatic rings. The summed E-state index contributed by atoms with van der Waals surface area (Å²) in [6.45, 7) is 0. The minimum atomic E-state index is -0.481. The molecule has 0 bridgehead atoms. The molecular formula is C19H16ClFO4. The summed E-state index contributed by atoms with van der Waals surface area (Å²) in [7, 11) is 4.44. The number of rotatable bonds is 4. The smallest absolute Gasteiger partial charge is 0.204 e. The maximum atomic E-state index is 14.0. The molecule has 0 spiro atoms. The van der Waals surface area contributed by atoms with Crippen molar-refractivity contribution in [1.82, 2.24) is 0 Å². The monoisotopic (exact) mass is 362 g/mol. The lowest BCUT2D eigenvalue weighted by atomic mass is 10.1. The van der Waals surface area contributed by atoms with E-state index in [0.717, 1.165) is 5.56 Å². The van der Waals surface area contributed by atoms with Crippen molar-refractivity contribution in [3.63, 3.8) is 0 Å². The van der Waals surface area contributed by atoms with E-state index in [1.807, 2.05) is 0 Å². The minimum Gasteiger partial charge on any atom is -0.493 e. The molecule has 0 aromatic heterocycles. The third-order valence-corrected chi connectivity index (χ3v) is 4.46. The summed E-state index contributed by atoms with van der Waals surface area (Å²) in [5.41, 5.74) is 1.76. The molecule has 0 saturated heterocycles. The van der Waals surface area contributed by atoms with E-state index in [1.165, 1.54) is 39.5 Å². The lowest BCUT2D eigenvalue weighted by molar-refractivity contribution is 0.103. The summed E-state index contributed by atoms with van der Waals surface area (Å²) >= 11 is 6.06. The first-order valence-corrected chi connectivity index (χ1v) is 7.90. The number of Topliss-reactive ketones (excluding diaryl/α,β-unsaturated/α-hetero) is 1. The van der Waals surface area contributed by atoms with Gasteiger partial charge in [-0.05, 0) is 29.8 Å². The Bertz CT molecular complexity index is 869. The van der Waals surface area contributed by atoms with Crippen LogP contribution < -0.4 is 14.2 Å². The molecule has 1 aliphatic rings. The predicted octanol–water partition coefficient (Wildman–Crippen LogP) is 4.33. The number of carbonyl (C=O) groups excluding carboxylic acids is 1. The van der Waals surface area contributed by atoms with Gasteiger partial charge in [0.05, 0.1) is 31.9 Å². The molecule has 2 aromatic carbocycles. The van der Waals surface area contributed by atoms with Gasteiger partial charge in [-0.1, -0.05) is 17.7 Å². The van der Waals surface area contributed by atoms with Gasteiger partial charge >= 0.3 is 0 Å². The van der Waals surface area contributed by atoms with Gasteiger partial charge in [-0.15, -0.1) is 0 Å². The zero-order valence-electron chi connectivity index (χ0n) is 14.0. The highest BCUT2D eigenvalue weighted by atomic mass is 35.5. The van der Waals surface area contributed by atoms with E-state index in [0.29, 0.717) is 34.8 Å². The van der Waals surface area contributed by atoms with Crippen LogP contribution in [0.1, 0.15) is 21.5 Å². The largest absolute Gasteiger partial charge is 0.493 e. The second-order valence-electron chi connectivity index (χ2n) is 5.49. The Labute approximate surface area is 149 Å². The Balaban J connectivity index is 2.15. The second-order valence-corrected chi connectivity index (χ2v) is 5.90. The third-order valence-electron chi connectivity index (χ3n) is 4.13. The highest BCUT2D eigenvalue weighted by Gasteiger charge is 2.33. The summed E-state index contributed by atoms with van der Waals surface area (Å²) in [6, 6.07) is 6.13. The second kappa shape index (κ2) is 6.76. The van der Waals surface area contributed by atoms with E-state index < -0.39 is 5.82 Å². The number of ketones is 1. The van der Waals surface area contributed by atoms with Gasteiger partial charge in [-0.25, -0.2) is 4.39 Å². The molecule has 0 heterocycles. The zero-order valence-corrected chi connectivity index (χ0v) is 14.7. The molecule has 4 nitrogen and oxygen atoms in total. The Kier molecular flexibility index (Phi) is 4.68. The quantitative estimate of drug-likeness (QED) is 0.759. The number of allylic oxidation sites excluding steroid dienone is 1. The maximum absolute atomic E-state index is 14.0. The van der Waals surface area contributed by atoms with Crippen LogP contribution in [0.2, 0.25) is 5.02 Å². The van der Waals surface area contributed by atoms with Crippen LogP contribution in [-0.4, -0.2) is 27.1 Å². The standard InChI is InChI=1S/C19H16ClFO4/c1-23-15-9-10-7-11(8-12-13(20)5-4-6-14(12)21)17(22)16(10)19(25-3)18(15)24-2/h4-6,8-9H,7H2,1-3H3/b11-8+. The van der Waals surface area contributed by atoms with E-state index in [4.69, 9.17) is 25.8 Å². The molecule has 0 N–H and O–H groups in total. The van der Waals surface area contributed by atoms with Gasteiger partial charge in [0.25, 0.3) is 0 Å². The molecule has 0 fully saturated rings. The Morgan fingerprint density at radius 2 is 1.84 bits per heavy atom. The van der Waals surface area contributed by atoms with Gasteiger partial charge in [-0.2, -0.15) is 0 Å². The molecule has 6 heteroatoms. The molecule has 0 atom stereocenters. The van der Waals surface area contributed by atoms with Crippen molar-refractivity contribution in [1.29, 1.82) is 0 Å². The number of ether oxygens (including phenoxy) is 3. The Morgan fingerprint density at radius 1 is 1.12 bits per heavy atom. The summed E-state index contributed by atoms with van der Waals surface area (Å²) in [5.74, 6) is 0.404. The number of hydrogen-bond donors (Lipinski definition) is 0. The average molecular weight is 363 g/mol. The first kappa shape index (κ1) is 17.3. The molecule has 3 rings (SSSR count). The van der Waals surface area contributed by atoms with Gasteiger partial charge in [0.1, 0.15) is 5.82 Å². The summed E-state index contributed by atoms with van der Waals surface area (Å²) < 4.78 is 30.1. The number of methoxy groups -OCH3 is 3. The normalized spacial score (nSPS) is 14.6. The fourth-order valence-electron chi connectivity index (χ4n) is 2.98. The van der Waals surface area contributed by atoms with Crippen LogP contribution in [0, 0.1) is 5.82 Å². The first-order valence-electron chi connectivity index (χ1n) is 7.53. The van der Waals surface area contributed by atoms with Crippen molar-refractivity contribution in [2.45, 2.75) is 6.42 Å². The molecule has 0 radical (unpaired) electrons. The topological polar surface area (TPSA) is 44.8 Å². The predicted molar refractivity (Wildman–Crippen MR) is 93.5 cm³/mol. The SMILES string of the molecule is COc1cc2c(c(OC)c1OC)C(=O)/C(=C/c1c(F)cccc1Cl)C2. The highest BCUT2D eigenvalue weighted by molar-refractivity contribution is 6.32. The lowest BCUT2D eigenvalue weighted by Crippen LogP contribution is -2.03. The molecule has 0 saturated carbocycles. The van der Waals surface area contributed by atoms with Crippen LogP contribution in [0.5, 0.6) is 17.2 Å². The van der Waals surface area contributed by atoms with E-state index >= 15 is 0 Å². The van der Waals surface area contributed by atoms with Crippen LogP contribution in [0.25, 0.3) is 6.08 Å². The summed E-state index contributed by atoms with van der Waals surface area (Å²) in [4.78, 5) is 12.9. The molecule has 130 valence electrons. The summed E-state index contributed by atoms with van der Waals surface area (Å²) in [6.07, 6.45) is 1.81. The van der Waals surface area contributed by atoms with E-state index in [9.17, 15) is 9.18 Å². The van der Waals surface area contributed by atoms with Crippen molar-refractivity contribution in [2.75, 3.05) is 21.3 Å². The number of benzene rings is 2. The molecular weight excluding hydrogens is 347 g/mol. The maximum Gasteiger partial charge on any atom is 0.204 e. The molecule has 0 amide bonds. The van der Waals surface area contributed by atoms with Gasteiger partial charge < -0.3 is 14.2 Å². The molecule has 1 aliphatic carbocycles. The fourth-order valence-corrected chi connectivity index (χ4v) is 3.20.